The molecule has 0 radical (unpaired) electrons. The molecule has 3 aromatic carbocycles. The van der Waals surface area contributed by atoms with E-state index in [1.165, 1.54) is 0 Å². The van der Waals surface area contributed by atoms with E-state index in [0.29, 0.717) is 7.48 Å². The molecular formula is C25H24BNO3S. The highest BCUT2D eigenvalue weighted by atomic mass is 32.1. The number of nitrogens with zero attached hydrogens (tertiary/aromatic N) is 1. The van der Waals surface area contributed by atoms with Gasteiger partial charge in [-0.1, -0.05) is 48.5 Å². The molecule has 0 aliphatic rings. The summed E-state index contributed by atoms with van der Waals surface area (Å²) in [7, 11) is 0.352. The van der Waals surface area contributed by atoms with Crippen LogP contribution in [0, 0.1) is 0 Å². The van der Waals surface area contributed by atoms with E-state index < -0.39 is 11.2 Å². The Morgan fingerprint density at radius 2 is 1.68 bits per heavy atom. The molecule has 0 aliphatic heterocycles. The van der Waals surface area contributed by atoms with Crippen molar-refractivity contribution in [3.63, 3.8) is 0 Å². The van der Waals surface area contributed by atoms with Crippen molar-refractivity contribution in [2.24, 2.45) is 0 Å². The van der Waals surface area contributed by atoms with Gasteiger partial charge in [-0.25, -0.2) is 4.98 Å². The second-order valence-electron chi connectivity index (χ2n) is 8.92. The molecule has 0 saturated heterocycles. The Balaban J connectivity index is 1.74. The third kappa shape index (κ3) is 3.45. The van der Waals surface area contributed by atoms with E-state index in [-0.39, 0.29) is 0 Å². The second kappa shape index (κ2) is 7.19. The maximum atomic E-state index is 10.6. The maximum absolute atomic E-state index is 10.6. The van der Waals surface area contributed by atoms with Crippen molar-refractivity contribution in [1.29, 1.82) is 0 Å². The summed E-state index contributed by atoms with van der Waals surface area (Å²) in [6.45, 7) is 7.38. The van der Waals surface area contributed by atoms with Crippen LogP contribution >= 0.6 is 11.3 Å². The Morgan fingerprint density at radius 1 is 0.968 bits per heavy atom. The number of benzene rings is 3. The molecule has 0 bridgehead atoms. The molecule has 0 unspecified atom stereocenters. The summed E-state index contributed by atoms with van der Waals surface area (Å²) >= 11 is 1.67. The lowest BCUT2D eigenvalue weighted by Gasteiger charge is -2.37. The van der Waals surface area contributed by atoms with E-state index in [4.69, 9.17) is 14.1 Å². The molecule has 6 heteroatoms. The third-order valence-electron chi connectivity index (χ3n) is 6.19. The van der Waals surface area contributed by atoms with Gasteiger partial charge < -0.3 is 14.2 Å². The molecule has 0 atom stereocenters. The average molecular weight is 429 g/mol. The summed E-state index contributed by atoms with van der Waals surface area (Å²) in [5.74, 6) is 0. The lowest BCUT2D eigenvalue weighted by molar-refractivity contribution is -0.0892. The molecule has 0 aliphatic carbocycles. The predicted octanol–water partition coefficient (Wildman–Crippen LogP) is 5.41. The standard InChI is InChI=1S/C25H24BNO3S/c1-24(2,28)25(3,4)30-26-21-20-16-12-8-9-13-18(16)29-19(20)14-17-22(21)31-23(27-17)15-10-6-5-7-11-15/h5-14,26,28H,1-4H3. The van der Waals surface area contributed by atoms with Gasteiger partial charge in [0.05, 0.1) is 21.4 Å². The summed E-state index contributed by atoms with van der Waals surface area (Å²) in [4.78, 5) is 4.91. The van der Waals surface area contributed by atoms with Crippen LogP contribution in [0.2, 0.25) is 0 Å². The van der Waals surface area contributed by atoms with Gasteiger partial charge in [0.25, 0.3) is 0 Å². The molecule has 0 spiro atoms. The minimum atomic E-state index is -0.985. The summed E-state index contributed by atoms with van der Waals surface area (Å²) in [6.07, 6.45) is 0. The first kappa shape index (κ1) is 20.2. The number of rotatable bonds is 5. The van der Waals surface area contributed by atoms with Crippen molar-refractivity contribution >= 4 is 56.4 Å². The Labute approximate surface area is 185 Å². The minimum absolute atomic E-state index is 0.352. The fourth-order valence-electron chi connectivity index (χ4n) is 3.63. The number of fused-ring (bicyclic) bond motifs is 4. The Hall–Kier alpha value is -2.67. The first-order valence-corrected chi connectivity index (χ1v) is 11.2. The quantitative estimate of drug-likeness (QED) is 0.380. The summed E-state index contributed by atoms with van der Waals surface area (Å²) < 4.78 is 13.6. The summed E-state index contributed by atoms with van der Waals surface area (Å²) in [5, 5.41) is 13.7. The highest BCUT2D eigenvalue weighted by molar-refractivity contribution is 7.23. The van der Waals surface area contributed by atoms with Gasteiger partial charge in [-0.3, -0.25) is 0 Å². The first-order chi connectivity index (χ1) is 14.7. The molecule has 4 nitrogen and oxygen atoms in total. The van der Waals surface area contributed by atoms with Gasteiger partial charge in [-0.2, -0.15) is 0 Å². The number of hydrogen-bond acceptors (Lipinski definition) is 5. The van der Waals surface area contributed by atoms with E-state index in [9.17, 15) is 5.11 Å². The smallest absolute Gasteiger partial charge is 0.311 e. The van der Waals surface area contributed by atoms with Crippen molar-refractivity contribution in [2.75, 3.05) is 0 Å². The van der Waals surface area contributed by atoms with Crippen LogP contribution in [0.25, 0.3) is 42.7 Å². The van der Waals surface area contributed by atoms with E-state index in [1.54, 1.807) is 25.2 Å². The highest BCUT2D eigenvalue weighted by Gasteiger charge is 2.36. The molecule has 31 heavy (non-hydrogen) atoms. The number of thiazole rings is 1. The van der Waals surface area contributed by atoms with Gasteiger partial charge in [-0.15, -0.1) is 11.3 Å². The molecule has 2 aromatic heterocycles. The molecule has 156 valence electrons. The average Bonchev–Trinajstić information content (AvgIpc) is 3.32. The van der Waals surface area contributed by atoms with Gasteiger partial charge in [0.15, 0.2) is 0 Å². The fraction of sp³-hybridized carbons (Fsp3) is 0.240. The summed E-state index contributed by atoms with van der Waals surface area (Å²) in [6, 6.07) is 20.3. The summed E-state index contributed by atoms with van der Waals surface area (Å²) in [5.41, 5.74) is 2.98. The van der Waals surface area contributed by atoms with Crippen molar-refractivity contribution < 1.29 is 14.2 Å². The Kier molecular flexibility index (Phi) is 4.70. The zero-order valence-electron chi connectivity index (χ0n) is 18.1. The predicted molar refractivity (Wildman–Crippen MR) is 131 cm³/mol. The van der Waals surface area contributed by atoms with E-state index >= 15 is 0 Å². The van der Waals surface area contributed by atoms with Gasteiger partial charge in [-0.05, 0) is 39.2 Å². The van der Waals surface area contributed by atoms with Crippen LogP contribution in [0.5, 0.6) is 0 Å². The highest BCUT2D eigenvalue weighted by Crippen LogP contribution is 2.36. The van der Waals surface area contributed by atoms with E-state index in [2.05, 4.69) is 18.2 Å². The molecule has 1 N–H and O–H groups in total. The zero-order chi connectivity index (χ0) is 21.8. The molecule has 0 saturated carbocycles. The van der Waals surface area contributed by atoms with Crippen LogP contribution in [-0.2, 0) is 4.65 Å². The van der Waals surface area contributed by atoms with Gasteiger partial charge in [0.2, 0.25) is 0 Å². The van der Waals surface area contributed by atoms with Crippen LogP contribution in [0.15, 0.2) is 65.1 Å². The normalized spacial score (nSPS) is 12.8. The second-order valence-corrected chi connectivity index (χ2v) is 9.92. The van der Waals surface area contributed by atoms with Crippen molar-refractivity contribution in [3.8, 4) is 10.6 Å². The molecule has 5 rings (SSSR count). The van der Waals surface area contributed by atoms with Gasteiger partial charge in [0, 0.05) is 22.4 Å². The van der Waals surface area contributed by atoms with Gasteiger partial charge >= 0.3 is 7.48 Å². The van der Waals surface area contributed by atoms with E-state index in [0.717, 1.165) is 48.2 Å². The Morgan fingerprint density at radius 3 is 2.42 bits per heavy atom. The van der Waals surface area contributed by atoms with E-state index in [1.807, 2.05) is 56.3 Å². The van der Waals surface area contributed by atoms with Crippen LogP contribution in [-0.4, -0.2) is 28.8 Å². The number of furan rings is 1. The monoisotopic (exact) mass is 429 g/mol. The molecule has 0 fully saturated rings. The molecule has 0 amide bonds. The van der Waals surface area contributed by atoms with Crippen LogP contribution in [0.3, 0.4) is 0 Å². The lowest BCUT2D eigenvalue weighted by atomic mass is 9.80. The van der Waals surface area contributed by atoms with Crippen LogP contribution in [0.1, 0.15) is 27.7 Å². The van der Waals surface area contributed by atoms with Crippen molar-refractivity contribution in [2.45, 2.75) is 38.9 Å². The third-order valence-corrected chi connectivity index (χ3v) is 7.37. The maximum Gasteiger partial charge on any atom is 0.311 e. The first-order valence-electron chi connectivity index (χ1n) is 10.4. The SMILES string of the molecule is CC(C)(O)C(C)(C)OBc1c2sc(-c3ccccc3)nc2cc2oc3ccccc3c12. The minimum Gasteiger partial charge on any atom is -0.456 e. The molecule has 2 heterocycles. The van der Waals surface area contributed by atoms with Crippen LogP contribution < -0.4 is 5.46 Å². The topological polar surface area (TPSA) is 55.5 Å². The molecular weight excluding hydrogens is 405 g/mol. The number of hydrogen-bond donors (Lipinski definition) is 1. The molecule has 5 aromatic rings. The number of aromatic nitrogens is 1. The van der Waals surface area contributed by atoms with Crippen LogP contribution in [0.4, 0.5) is 0 Å². The Bertz CT molecular complexity index is 1400. The zero-order valence-corrected chi connectivity index (χ0v) is 18.9. The number of aliphatic hydroxyl groups is 1. The van der Waals surface area contributed by atoms with Crippen molar-refractivity contribution in [1.82, 2.24) is 4.98 Å². The lowest BCUT2D eigenvalue weighted by Crippen LogP contribution is -2.49. The van der Waals surface area contributed by atoms with Crippen molar-refractivity contribution in [3.05, 3.63) is 60.7 Å². The largest absolute Gasteiger partial charge is 0.456 e. The fourth-order valence-corrected chi connectivity index (χ4v) is 4.72. The van der Waals surface area contributed by atoms with Gasteiger partial charge in [0.1, 0.15) is 16.2 Å². The number of para-hydroxylation sites is 1.